The number of aliphatic imine (C=N–C) groups is 1. The number of benzene rings is 1. The van der Waals surface area contributed by atoms with E-state index in [-0.39, 0.29) is 12.5 Å². The van der Waals surface area contributed by atoms with Crippen molar-refractivity contribution >= 4 is 17.4 Å². The zero-order chi connectivity index (χ0) is 21.7. The molecule has 2 aliphatic heterocycles. The van der Waals surface area contributed by atoms with Gasteiger partial charge in [0, 0.05) is 29.9 Å². The summed E-state index contributed by atoms with van der Waals surface area (Å²) >= 11 is 0. The number of nitrogens with zero attached hydrogens (tertiary/aromatic N) is 3. The first-order valence-corrected chi connectivity index (χ1v) is 10.3. The Labute approximate surface area is 179 Å². The fourth-order valence-electron chi connectivity index (χ4n) is 3.51. The maximum absolute atomic E-state index is 12.6. The Kier molecular flexibility index (Phi) is 6.96. The molecule has 30 heavy (non-hydrogen) atoms. The number of ether oxygens (including phenoxy) is 1. The summed E-state index contributed by atoms with van der Waals surface area (Å²) in [4.78, 5) is 21.2. The Balaban J connectivity index is 1.95. The van der Waals surface area contributed by atoms with Gasteiger partial charge in [-0.15, -0.1) is 6.42 Å². The molecule has 6 heteroatoms. The molecular weight excluding hydrogens is 376 g/mol. The van der Waals surface area contributed by atoms with Crippen molar-refractivity contribution in [3.05, 3.63) is 53.4 Å². The smallest absolute Gasteiger partial charge is 0.254 e. The Hall–Kier alpha value is -3.04. The van der Waals surface area contributed by atoms with Crippen LogP contribution in [0.2, 0.25) is 0 Å². The Morgan fingerprint density at radius 2 is 1.97 bits per heavy atom. The van der Waals surface area contributed by atoms with E-state index in [1.165, 1.54) is 5.56 Å². The summed E-state index contributed by atoms with van der Waals surface area (Å²) in [6, 6.07) is 8.28. The molecule has 0 atom stereocenters. The largest absolute Gasteiger partial charge is 0.378 e. The summed E-state index contributed by atoms with van der Waals surface area (Å²) in [6.45, 7) is 13.9. The van der Waals surface area contributed by atoms with Crippen LogP contribution in [-0.2, 0) is 9.53 Å². The van der Waals surface area contributed by atoms with Crippen molar-refractivity contribution < 1.29 is 9.53 Å². The molecule has 0 saturated carbocycles. The van der Waals surface area contributed by atoms with E-state index in [0.717, 1.165) is 30.2 Å². The van der Waals surface area contributed by atoms with Crippen molar-refractivity contribution in [1.29, 1.82) is 0 Å². The fraction of sp³-hybridized carbons (Fsp3) is 0.417. The van der Waals surface area contributed by atoms with E-state index in [1.54, 1.807) is 4.90 Å². The average Bonchev–Trinajstić information content (AvgIpc) is 3.03. The number of nitrogens with one attached hydrogen (secondary N) is 1. The van der Waals surface area contributed by atoms with Crippen LogP contribution in [0.4, 0.5) is 5.69 Å². The number of rotatable bonds is 5. The second kappa shape index (κ2) is 9.64. The molecule has 1 N–H and O–H groups in total. The molecule has 2 heterocycles. The monoisotopic (exact) mass is 406 g/mol. The number of morpholine rings is 1. The number of hydrogen-bond donors (Lipinski definition) is 1. The third kappa shape index (κ3) is 4.92. The highest BCUT2D eigenvalue weighted by Gasteiger charge is 2.31. The second-order valence-electron chi connectivity index (χ2n) is 7.83. The lowest BCUT2D eigenvalue weighted by atomic mass is 10.0. The number of anilines is 1. The molecule has 0 radical (unpaired) electrons. The second-order valence-corrected chi connectivity index (χ2v) is 7.83. The number of carbonyl (C=O) groups excluding carboxylic acids is 1. The molecule has 1 aromatic rings. The summed E-state index contributed by atoms with van der Waals surface area (Å²) in [5, 5.41) is 3.41. The quantitative estimate of drug-likeness (QED) is 0.353. The highest BCUT2D eigenvalue weighted by Crippen LogP contribution is 2.27. The lowest BCUT2D eigenvalue weighted by molar-refractivity contribution is -0.124. The molecule has 1 amide bonds. The minimum atomic E-state index is -0.142. The van der Waals surface area contributed by atoms with Gasteiger partial charge >= 0.3 is 0 Å². The number of terminal acetylenes is 1. The maximum Gasteiger partial charge on any atom is 0.254 e. The molecule has 0 bridgehead atoms. The van der Waals surface area contributed by atoms with Crippen molar-refractivity contribution in [1.82, 2.24) is 9.80 Å². The lowest BCUT2D eigenvalue weighted by Crippen LogP contribution is -2.39. The summed E-state index contributed by atoms with van der Waals surface area (Å²) in [5.74, 6) is 4.37. The minimum Gasteiger partial charge on any atom is -0.378 e. The van der Waals surface area contributed by atoms with Gasteiger partial charge in [0.2, 0.25) is 0 Å². The molecule has 0 spiro atoms. The molecule has 158 valence electrons. The first kappa shape index (κ1) is 21.7. The van der Waals surface area contributed by atoms with Crippen molar-refractivity contribution in [3.63, 3.8) is 0 Å². The SMILES string of the molecule is C#CCN1C/C(=C(/N=C(\C)N2CCOCC2)Nc2ccc(C(C)C)cc2)C(=C)C1=O. The zero-order valence-corrected chi connectivity index (χ0v) is 18.1. The van der Waals surface area contributed by atoms with Crippen LogP contribution in [0.5, 0.6) is 0 Å². The maximum atomic E-state index is 12.6. The fourth-order valence-corrected chi connectivity index (χ4v) is 3.51. The van der Waals surface area contributed by atoms with Gasteiger partial charge in [-0.3, -0.25) is 4.79 Å². The van der Waals surface area contributed by atoms with E-state index in [4.69, 9.17) is 16.2 Å². The first-order valence-electron chi connectivity index (χ1n) is 10.3. The van der Waals surface area contributed by atoms with Gasteiger partial charge in [0.25, 0.3) is 5.91 Å². The van der Waals surface area contributed by atoms with Gasteiger partial charge in [-0.2, -0.15) is 0 Å². The lowest BCUT2D eigenvalue weighted by Gasteiger charge is -2.28. The highest BCUT2D eigenvalue weighted by atomic mass is 16.5. The van der Waals surface area contributed by atoms with E-state index < -0.39 is 0 Å². The van der Waals surface area contributed by atoms with Crippen molar-refractivity contribution in [2.75, 3.05) is 44.7 Å². The van der Waals surface area contributed by atoms with Crippen LogP contribution in [0, 0.1) is 12.3 Å². The molecule has 6 nitrogen and oxygen atoms in total. The predicted octanol–water partition coefficient (Wildman–Crippen LogP) is 3.22. The van der Waals surface area contributed by atoms with Gasteiger partial charge < -0.3 is 19.9 Å². The van der Waals surface area contributed by atoms with Crippen molar-refractivity contribution in [2.24, 2.45) is 4.99 Å². The van der Waals surface area contributed by atoms with Gasteiger partial charge in [-0.1, -0.05) is 38.5 Å². The van der Waals surface area contributed by atoms with Crippen LogP contribution in [0.15, 0.2) is 52.8 Å². The number of hydrogen-bond acceptors (Lipinski definition) is 4. The van der Waals surface area contributed by atoms with Crippen LogP contribution in [0.25, 0.3) is 0 Å². The van der Waals surface area contributed by atoms with E-state index >= 15 is 0 Å². The Morgan fingerprint density at radius 3 is 2.57 bits per heavy atom. The predicted molar refractivity (Wildman–Crippen MR) is 121 cm³/mol. The average molecular weight is 407 g/mol. The normalized spacial score (nSPS) is 19.4. The molecule has 0 unspecified atom stereocenters. The van der Waals surface area contributed by atoms with Gasteiger partial charge in [0.15, 0.2) is 0 Å². The van der Waals surface area contributed by atoms with Crippen LogP contribution in [0.1, 0.15) is 32.3 Å². The zero-order valence-electron chi connectivity index (χ0n) is 18.1. The van der Waals surface area contributed by atoms with E-state index in [2.05, 4.69) is 48.7 Å². The molecule has 1 aromatic carbocycles. The van der Waals surface area contributed by atoms with Crippen LogP contribution in [0.3, 0.4) is 0 Å². The molecule has 0 aromatic heterocycles. The van der Waals surface area contributed by atoms with Crippen molar-refractivity contribution in [3.8, 4) is 12.3 Å². The van der Waals surface area contributed by atoms with Crippen LogP contribution >= 0.6 is 0 Å². The van der Waals surface area contributed by atoms with E-state index in [0.29, 0.717) is 37.1 Å². The third-order valence-corrected chi connectivity index (χ3v) is 5.41. The van der Waals surface area contributed by atoms with Gasteiger partial charge in [0.05, 0.1) is 26.3 Å². The highest BCUT2D eigenvalue weighted by molar-refractivity contribution is 6.01. The van der Waals surface area contributed by atoms with Gasteiger partial charge in [-0.05, 0) is 30.5 Å². The van der Waals surface area contributed by atoms with Gasteiger partial charge in [0.1, 0.15) is 11.7 Å². The number of carbonyl (C=O) groups is 1. The Morgan fingerprint density at radius 1 is 1.30 bits per heavy atom. The summed E-state index contributed by atoms with van der Waals surface area (Å²) in [7, 11) is 0. The van der Waals surface area contributed by atoms with E-state index in [9.17, 15) is 4.79 Å². The first-order chi connectivity index (χ1) is 14.4. The topological polar surface area (TPSA) is 57.2 Å². The van der Waals surface area contributed by atoms with Crippen LogP contribution in [-0.4, -0.2) is 60.9 Å². The van der Waals surface area contributed by atoms with Crippen LogP contribution < -0.4 is 5.32 Å². The third-order valence-electron chi connectivity index (χ3n) is 5.41. The summed E-state index contributed by atoms with van der Waals surface area (Å²) in [5.41, 5.74) is 3.39. The molecule has 2 fully saturated rings. The number of amidine groups is 1. The molecule has 2 aliphatic rings. The molecule has 3 rings (SSSR count). The molecular formula is C24H30N4O2. The number of amides is 1. The van der Waals surface area contributed by atoms with Gasteiger partial charge in [-0.25, -0.2) is 4.99 Å². The molecule has 2 saturated heterocycles. The van der Waals surface area contributed by atoms with Crippen molar-refractivity contribution in [2.45, 2.75) is 26.7 Å². The molecule has 0 aliphatic carbocycles. The van der Waals surface area contributed by atoms with E-state index in [1.807, 2.05) is 19.1 Å². The standard InChI is InChI=1S/C24H30N4O2/c1-6-11-28-16-22(18(4)24(28)29)23(25-19(5)27-12-14-30-15-13-27)26-21-9-7-20(8-10-21)17(2)3/h1,7-10,17,26H,4,11-16H2,2-3,5H3/b23-22+,25-19+. The minimum absolute atomic E-state index is 0.142. The Bertz CT molecular complexity index is 900. The number of likely N-dealkylation sites (tertiary alicyclic amines) is 1. The summed E-state index contributed by atoms with van der Waals surface area (Å²) < 4.78 is 5.44. The summed E-state index contributed by atoms with van der Waals surface area (Å²) in [6.07, 6.45) is 5.43.